The zero-order valence-corrected chi connectivity index (χ0v) is 24.3. The summed E-state index contributed by atoms with van der Waals surface area (Å²) in [5.74, 6) is -1.81. The lowest BCUT2D eigenvalue weighted by atomic mass is 9.90. The lowest BCUT2D eigenvalue weighted by Gasteiger charge is -2.44. The molecule has 3 atom stereocenters. The minimum Gasteiger partial charge on any atom is -0.468 e. The summed E-state index contributed by atoms with van der Waals surface area (Å²) in [4.78, 5) is 53.9. The van der Waals surface area contributed by atoms with Gasteiger partial charge in [0.15, 0.2) is 0 Å². The zero-order valence-electron chi connectivity index (χ0n) is 24.3. The molecule has 208 valence electrons. The molecule has 3 amide bonds. The molecule has 9 nitrogen and oxygen atoms in total. The van der Waals surface area contributed by atoms with E-state index in [1.807, 2.05) is 66.7 Å². The molecule has 0 spiro atoms. The molecule has 0 bridgehead atoms. The van der Waals surface area contributed by atoms with Crippen molar-refractivity contribution < 1.29 is 28.7 Å². The van der Waals surface area contributed by atoms with Crippen LogP contribution in [0.15, 0.2) is 18.2 Å². The van der Waals surface area contributed by atoms with Crippen LogP contribution >= 0.6 is 0 Å². The minimum absolute atomic E-state index is 0.247. The van der Waals surface area contributed by atoms with Gasteiger partial charge < -0.3 is 25.0 Å². The summed E-state index contributed by atoms with van der Waals surface area (Å²) in [6.45, 7) is 18.0. The van der Waals surface area contributed by atoms with Crippen LogP contribution < -0.4 is 10.6 Å². The molecule has 0 fully saturated rings. The van der Waals surface area contributed by atoms with Gasteiger partial charge in [0.1, 0.15) is 24.2 Å². The van der Waals surface area contributed by atoms with Crippen molar-refractivity contribution in [2.24, 2.45) is 5.92 Å². The highest BCUT2D eigenvalue weighted by Gasteiger charge is 2.43. The summed E-state index contributed by atoms with van der Waals surface area (Å²) >= 11 is 0. The number of amides is 3. The molecular formula is C28H45N3O6. The van der Waals surface area contributed by atoms with Crippen molar-refractivity contribution in [1.29, 1.82) is 0 Å². The standard InChI is InChI=1S/C28H45N3O6/c1-12-18(3)22(30-26(35)37-28(8,9)10)25(34)31(27(5,6)7)23(24(33)29-16-21(32)36-11)20-14-13-17(2)15-19(20)4/h13-15,18,22-23H,12,16H2,1-11H3,(H,29,33)(H,30,35). The first kappa shape index (κ1) is 31.9. The Balaban J connectivity index is 3.66. The molecule has 0 aliphatic carbocycles. The number of rotatable bonds is 9. The van der Waals surface area contributed by atoms with Crippen molar-refractivity contribution in [1.82, 2.24) is 15.5 Å². The number of carbonyl (C=O) groups is 4. The second kappa shape index (κ2) is 12.9. The predicted molar refractivity (Wildman–Crippen MR) is 143 cm³/mol. The van der Waals surface area contributed by atoms with Crippen LogP contribution in [0.4, 0.5) is 4.79 Å². The summed E-state index contributed by atoms with van der Waals surface area (Å²) < 4.78 is 10.1. The number of nitrogens with one attached hydrogen (secondary N) is 2. The third-order valence-electron chi connectivity index (χ3n) is 5.97. The summed E-state index contributed by atoms with van der Waals surface area (Å²) in [5.41, 5.74) is 0.874. The number of nitrogens with zero attached hydrogens (tertiary/aromatic N) is 1. The Labute approximate surface area is 221 Å². The van der Waals surface area contributed by atoms with Gasteiger partial charge in [0, 0.05) is 5.54 Å². The maximum Gasteiger partial charge on any atom is 0.408 e. The molecule has 1 rings (SSSR count). The number of hydrogen-bond donors (Lipinski definition) is 2. The molecule has 0 aromatic heterocycles. The van der Waals surface area contributed by atoms with Crippen LogP contribution in [0.3, 0.4) is 0 Å². The van der Waals surface area contributed by atoms with Crippen molar-refractivity contribution in [3.05, 3.63) is 34.9 Å². The lowest BCUT2D eigenvalue weighted by Crippen LogP contribution is -2.60. The van der Waals surface area contributed by atoms with Gasteiger partial charge in [-0.15, -0.1) is 0 Å². The predicted octanol–water partition coefficient (Wildman–Crippen LogP) is 4.20. The highest BCUT2D eigenvalue weighted by molar-refractivity contribution is 5.94. The van der Waals surface area contributed by atoms with E-state index in [-0.39, 0.29) is 12.5 Å². The Morgan fingerprint density at radius 1 is 1.03 bits per heavy atom. The Morgan fingerprint density at radius 2 is 1.62 bits per heavy atom. The molecule has 0 saturated carbocycles. The van der Waals surface area contributed by atoms with Crippen molar-refractivity contribution in [2.45, 2.75) is 98.9 Å². The SMILES string of the molecule is CCC(C)C(NC(=O)OC(C)(C)C)C(=O)N(C(C(=O)NCC(=O)OC)c1ccc(C)cc1C)C(C)(C)C. The molecular weight excluding hydrogens is 474 g/mol. The van der Waals surface area contributed by atoms with Crippen molar-refractivity contribution >= 4 is 23.9 Å². The molecule has 0 saturated heterocycles. The quantitative estimate of drug-likeness (QED) is 0.473. The van der Waals surface area contributed by atoms with Gasteiger partial charge in [0.05, 0.1) is 7.11 Å². The third-order valence-corrected chi connectivity index (χ3v) is 5.97. The van der Waals surface area contributed by atoms with Gasteiger partial charge in [-0.25, -0.2) is 4.79 Å². The Hall–Kier alpha value is -3.10. The summed E-state index contributed by atoms with van der Waals surface area (Å²) in [5, 5.41) is 5.36. The number of aryl methyl sites for hydroxylation is 2. The molecule has 1 aromatic rings. The first-order valence-electron chi connectivity index (χ1n) is 12.7. The van der Waals surface area contributed by atoms with Gasteiger partial charge >= 0.3 is 12.1 Å². The Morgan fingerprint density at radius 3 is 2.08 bits per heavy atom. The van der Waals surface area contributed by atoms with Gasteiger partial charge in [0.2, 0.25) is 11.8 Å². The number of esters is 1. The van der Waals surface area contributed by atoms with Crippen LogP contribution in [0.5, 0.6) is 0 Å². The van der Waals surface area contributed by atoms with Gasteiger partial charge in [-0.05, 0) is 72.4 Å². The fourth-order valence-electron chi connectivity index (χ4n) is 3.97. The molecule has 0 heterocycles. The fourth-order valence-corrected chi connectivity index (χ4v) is 3.97. The summed E-state index contributed by atoms with van der Waals surface area (Å²) in [6, 6.07) is 3.62. The fraction of sp³-hybridized carbons (Fsp3) is 0.643. The van der Waals surface area contributed by atoms with Crippen molar-refractivity contribution in [3.63, 3.8) is 0 Å². The third kappa shape index (κ3) is 9.37. The number of benzene rings is 1. The second-order valence-electron chi connectivity index (χ2n) is 11.4. The molecule has 0 radical (unpaired) electrons. The van der Waals surface area contributed by atoms with Crippen LogP contribution in [0.1, 0.15) is 84.5 Å². The highest BCUT2D eigenvalue weighted by atomic mass is 16.6. The van der Waals surface area contributed by atoms with Gasteiger partial charge in [-0.3, -0.25) is 14.4 Å². The summed E-state index contributed by atoms with van der Waals surface area (Å²) in [6.07, 6.45) is -0.106. The van der Waals surface area contributed by atoms with E-state index >= 15 is 0 Å². The van der Waals surface area contributed by atoms with E-state index in [2.05, 4.69) is 15.4 Å². The molecule has 3 unspecified atom stereocenters. The molecule has 37 heavy (non-hydrogen) atoms. The molecule has 1 aromatic carbocycles. The molecule has 2 N–H and O–H groups in total. The average molecular weight is 520 g/mol. The van der Waals surface area contributed by atoms with Crippen LogP contribution in [0.25, 0.3) is 0 Å². The molecule has 0 aliphatic rings. The number of carbonyl (C=O) groups excluding carboxylic acids is 4. The normalized spacial score (nSPS) is 14.1. The van der Waals surface area contributed by atoms with Gasteiger partial charge in [-0.1, -0.05) is 44.0 Å². The van der Waals surface area contributed by atoms with E-state index < -0.39 is 47.1 Å². The smallest absolute Gasteiger partial charge is 0.408 e. The Bertz CT molecular complexity index is 977. The average Bonchev–Trinajstić information content (AvgIpc) is 2.76. The van der Waals surface area contributed by atoms with Crippen molar-refractivity contribution in [3.8, 4) is 0 Å². The van der Waals surface area contributed by atoms with Crippen molar-refractivity contribution in [2.75, 3.05) is 13.7 Å². The van der Waals surface area contributed by atoms with E-state index in [1.54, 1.807) is 20.8 Å². The maximum absolute atomic E-state index is 14.3. The lowest BCUT2D eigenvalue weighted by molar-refractivity contribution is -0.150. The van der Waals surface area contributed by atoms with Crippen LogP contribution in [0, 0.1) is 19.8 Å². The van der Waals surface area contributed by atoms with Crippen LogP contribution in [-0.2, 0) is 23.9 Å². The number of alkyl carbamates (subject to hydrolysis) is 1. The van der Waals surface area contributed by atoms with Crippen LogP contribution in [0.2, 0.25) is 0 Å². The second-order valence-corrected chi connectivity index (χ2v) is 11.4. The topological polar surface area (TPSA) is 114 Å². The number of ether oxygens (including phenoxy) is 2. The molecule has 0 aliphatic heterocycles. The van der Waals surface area contributed by atoms with E-state index in [9.17, 15) is 19.2 Å². The largest absolute Gasteiger partial charge is 0.468 e. The van der Waals surface area contributed by atoms with E-state index in [4.69, 9.17) is 4.74 Å². The maximum atomic E-state index is 14.3. The van der Waals surface area contributed by atoms with Gasteiger partial charge in [0.25, 0.3) is 0 Å². The number of methoxy groups -OCH3 is 1. The zero-order chi connectivity index (χ0) is 28.7. The van der Waals surface area contributed by atoms with E-state index in [1.165, 1.54) is 12.0 Å². The van der Waals surface area contributed by atoms with Crippen LogP contribution in [-0.4, -0.2) is 59.6 Å². The van der Waals surface area contributed by atoms with Gasteiger partial charge in [-0.2, -0.15) is 0 Å². The molecule has 9 heteroatoms. The minimum atomic E-state index is -1.07. The highest BCUT2D eigenvalue weighted by Crippen LogP contribution is 2.33. The first-order valence-corrected chi connectivity index (χ1v) is 12.7. The monoisotopic (exact) mass is 519 g/mol. The summed E-state index contributed by atoms with van der Waals surface area (Å²) in [7, 11) is 1.24. The Kier molecular flexibility index (Phi) is 11.2. The van der Waals surface area contributed by atoms with E-state index in [0.29, 0.717) is 12.0 Å². The van der Waals surface area contributed by atoms with E-state index in [0.717, 1.165) is 11.1 Å². The number of hydrogen-bond acceptors (Lipinski definition) is 6. The first-order chi connectivity index (χ1) is 16.9.